The van der Waals surface area contributed by atoms with E-state index >= 15 is 0 Å². The van der Waals surface area contributed by atoms with Gasteiger partial charge in [-0.15, -0.1) is 0 Å². The van der Waals surface area contributed by atoms with Gasteiger partial charge in [0.05, 0.1) is 4.90 Å². The molecule has 1 aromatic carbocycles. The summed E-state index contributed by atoms with van der Waals surface area (Å²) < 4.78 is 59.4. The molecule has 0 radical (unpaired) electrons. The molecule has 1 rings (SSSR count). The van der Waals surface area contributed by atoms with Gasteiger partial charge in [-0.05, 0) is 30.7 Å². The Balaban J connectivity index is 2.85. The number of urea groups is 1. The standard InChI is InChI=1S/C12H15F3N2O3S/c1-8-6-9(4-5-10(8)21(3,19)20)16-11(18)17(2)7-12(13,14)15/h4-6H,7H2,1-3H3,(H,16,18). The Hall–Kier alpha value is -1.77. The first-order valence-electron chi connectivity index (χ1n) is 5.80. The van der Waals surface area contributed by atoms with Crippen LogP contribution in [0.2, 0.25) is 0 Å². The lowest BCUT2D eigenvalue weighted by atomic mass is 10.2. The lowest BCUT2D eigenvalue weighted by Crippen LogP contribution is -2.38. The summed E-state index contributed by atoms with van der Waals surface area (Å²) in [5.74, 6) is 0. The molecule has 0 aliphatic carbocycles. The average molecular weight is 324 g/mol. The highest BCUT2D eigenvalue weighted by atomic mass is 32.2. The monoisotopic (exact) mass is 324 g/mol. The SMILES string of the molecule is Cc1cc(NC(=O)N(C)CC(F)(F)F)ccc1S(C)(=O)=O. The van der Waals surface area contributed by atoms with Gasteiger partial charge in [0.1, 0.15) is 6.54 Å². The van der Waals surface area contributed by atoms with E-state index in [1.165, 1.54) is 25.1 Å². The van der Waals surface area contributed by atoms with Crippen molar-refractivity contribution in [2.45, 2.75) is 18.0 Å². The number of alkyl halides is 3. The molecule has 0 spiro atoms. The number of aryl methyl sites for hydroxylation is 1. The van der Waals surface area contributed by atoms with Gasteiger partial charge >= 0.3 is 12.2 Å². The number of sulfone groups is 1. The minimum atomic E-state index is -4.48. The van der Waals surface area contributed by atoms with Crippen LogP contribution < -0.4 is 5.32 Å². The molecule has 0 atom stereocenters. The summed E-state index contributed by atoms with van der Waals surface area (Å²) >= 11 is 0. The molecular weight excluding hydrogens is 309 g/mol. The second-order valence-corrected chi connectivity index (χ2v) is 6.64. The van der Waals surface area contributed by atoms with Gasteiger partial charge < -0.3 is 10.2 Å². The van der Waals surface area contributed by atoms with E-state index < -0.39 is 28.6 Å². The highest BCUT2D eigenvalue weighted by Crippen LogP contribution is 2.20. The third kappa shape index (κ3) is 5.25. The molecule has 118 valence electrons. The number of carbonyl (C=O) groups excluding carboxylic acids is 1. The summed E-state index contributed by atoms with van der Waals surface area (Å²) in [6.45, 7) is 0.157. The Labute approximate surface area is 120 Å². The van der Waals surface area contributed by atoms with Crippen molar-refractivity contribution in [2.75, 3.05) is 25.2 Å². The van der Waals surface area contributed by atoms with E-state index in [0.717, 1.165) is 13.3 Å². The third-order valence-electron chi connectivity index (χ3n) is 2.59. The lowest BCUT2D eigenvalue weighted by Gasteiger charge is -2.19. The molecule has 0 aromatic heterocycles. The van der Waals surface area contributed by atoms with E-state index in [4.69, 9.17) is 0 Å². The summed E-state index contributed by atoms with van der Waals surface area (Å²) in [5, 5.41) is 2.28. The Morgan fingerprint density at radius 3 is 2.33 bits per heavy atom. The number of anilines is 1. The van der Waals surface area contributed by atoms with Crippen LogP contribution in [-0.2, 0) is 9.84 Å². The zero-order valence-electron chi connectivity index (χ0n) is 11.7. The van der Waals surface area contributed by atoms with Gasteiger partial charge in [0.15, 0.2) is 9.84 Å². The number of benzene rings is 1. The van der Waals surface area contributed by atoms with Crippen LogP contribution in [0.1, 0.15) is 5.56 Å². The van der Waals surface area contributed by atoms with Crippen LogP contribution in [0.5, 0.6) is 0 Å². The fraction of sp³-hybridized carbons (Fsp3) is 0.417. The first-order chi connectivity index (χ1) is 9.40. The normalized spacial score (nSPS) is 12.1. The molecule has 2 amide bonds. The highest BCUT2D eigenvalue weighted by molar-refractivity contribution is 7.90. The fourth-order valence-corrected chi connectivity index (χ4v) is 2.66. The second kappa shape index (κ2) is 5.92. The first kappa shape index (κ1) is 17.3. The van der Waals surface area contributed by atoms with Crippen molar-refractivity contribution in [1.29, 1.82) is 0 Å². The quantitative estimate of drug-likeness (QED) is 0.928. The maximum atomic E-state index is 12.2. The highest BCUT2D eigenvalue weighted by Gasteiger charge is 2.31. The van der Waals surface area contributed by atoms with Gasteiger partial charge in [-0.2, -0.15) is 13.2 Å². The van der Waals surface area contributed by atoms with Gasteiger partial charge in [0, 0.05) is 19.0 Å². The van der Waals surface area contributed by atoms with Crippen molar-refractivity contribution in [3.8, 4) is 0 Å². The largest absolute Gasteiger partial charge is 0.406 e. The van der Waals surface area contributed by atoms with E-state index in [2.05, 4.69) is 5.32 Å². The van der Waals surface area contributed by atoms with Gasteiger partial charge in [-0.3, -0.25) is 0 Å². The molecule has 5 nitrogen and oxygen atoms in total. The molecule has 21 heavy (non-hydrogen) atoms. The molecule has 0 aliphatic rings. The minimum Gasteiger partial charge on any atom is -0.318 e. The molecule has 0 saturated heterocycles. The molecular formula is C12H15F3N2O3S. The smallest absolute Gasteiger partial charge is 0.318 e. The summed E-state index contributed by atoms with van der Waals surface area (Å²) in [6, 6.07) is 3.07. The molecule has 9 heteroatoms. The lowest BCUT2D eigenvalue weighted by molar-refractivity contribution is -0.137. The van der Waals surface area contributed by atoms with Crippen molar-refractivity contribution >= 4 is 21.6 Å². The van der Waals surface area contributed by atoms with E-state index in [-0.39, 0.29) is 10.6 Å². The Kier molecular flexibility index (Phi) is 4.87. The summed E-state index contributed by atoms with van der Waals surface area (Å²) in [7, 11) is -2.38. The molecule has 0 fully saturated rings. The van der Waals surface area contributed by atoms with Crippen molar-refractivity contribution in [1.82, 2.24) is 4.90 Å². The molecule has 0 aliphatic heterocycles. The van der Waals surface area contributed by atoms with Crippen LogP contribution in [0, 0.1) is 6.92 Å². The van der Waals surface area contributed by atoms with E-state index in [0.29, 0.717) is 10.5 Å². The third-order valence-corrected chi connectivity index (χ3v) is 3.85. The molecule has 1 aromatic rings. The average Bonchev–Trinajstić information content (AvgIpc) is 2.24. The van der Waals surface area contributed by atoms with Gasteiger partial charge in [-0.1, -0.05) is 0 Å². The van der Waals surface area contributed by atoms with Gasteiger partial charge in [0.2, 0.25) is 0 Å². The van der Waals surface area contributed by atoms with Crippen LogP contribution in [0.15, 0.2) is 23.1 Å². The van der Waals surface area contributed by atoms with Crippen LogP contribution in [-0.4, -0.2) is 45.4 Å². The van der Waals surface area contributed by atoms with E-state index in [9.17, 15) is 26.4 Å². The topological polar surface area (TPSA) is 66.5 Å². The maximum Gasteiger partial charge on any atom is 0.406 e. The molecule has 0 heterocycles. The Bertz CT molecular complexity index is 642. The first-order valence-corrected chi connectivity index (χ1v) is 7.69. The summed E-state index contributed by atoms with van der Waals surface area (Å²) in [6.07, 6.45) is -3.44. The Morgan fingerprint density at radius 1 is 1.33 bits per heavy atom. The predicted octanol–water partition coefficient (Wildman–Crippen LogP) is 2.42. The van der Waals surface area contributed by atoms with Crippen molar-refractivity contribution in [2.24, 2.45) is 0 Å². The predicted molar refractivity (Wildman–Crippen MR) is 72.0 cm³/mol. The van der Waals surface area contributed by atoms with Crippen LogP contribution >= 0.6 is 0 Å². The van der Waals surface area contributed by atoms with Crippen LogP contribution in [0.3, 0.4) is 0 Å². The van der Waals surface area contributed by atoms with Crippen LogP contribution in [0.25, 0.3) is 0 Å². The number of nitrogens with one attached hydrogen (secondary N) is 1. The summed E-state index contributed by atoms with van der Waals surface area (Å²) in [4.78, 5) is 12.2. The molecule has 0 unspecified atom stereocenters. The number of hydrogen-bond acceptors (Lipinski definition) is 3. The zero-order valence-corrected chi connectivity index (χ0v) is 12.5. The van der Waals surface area contributed by atoms with Crippen molar-refractivity contribution in [3.63, 3.8) is 0 Å². The minimum absolute atomic E-state index is 0.101. The number of nitrogens with zero attached hydrogens (tertiary/aromatic N) is 1. The number of rotatable bonds is 3. The second-order valence-electron chi connectivity index (χ2n) is 4.65. The molecule has 1 N–H and O–H groups in total. The fourth-order valence-electron chi connectivity index (χ4n) is 1.70. The van der Waals surface area contributed by atoms with Gasteiger partial charge in [0.25, 0.3) is 0 Å². The number of carbonyl (C=O) groups is 1. The van der Waals surface area contributed by atoms with Gasteiger partial charge in [-0.25, -0.2) is 13.2 Å². The molecule has 0 bridgehead atoms. The maximum absolute atomic E-state index is 12.2. The van der Waals surface area contributed by atoms with E-state index in [1.54, 1.807) is 0 Å². The molecule has 0 saturated carbocycles. The van der Waals surface area contributed by atoms with Crippen molar-refractivity contribution < 1.29 is 26.4 Å². The zero-order chi connectivity index (χ0) is 16.4. The number of amides is 2. The van der Waals surface area contributed by atoms with Crippen molar-refractivity contribution in [3.05, 3.63) is 23.8 Å². The summed E-state index contributed by atoms with van der Waals surface area (Å²) in [5.41, 5.74) is 0.618. The van der Waals surface area contributed by atoms with E-state index in [1.807, 2.05) is 0 Å². The Morgan fingerprint density at radius 2 is 1.90 bits per heavy atom. The number of halogens is 3. The number of hydrogen-bond donors (Lipinski definition) is 1. The van der Waals surface area contributed by atoms with Crippen LogP contribution in [0.4, 0.5) is 23.7 Å².